The normalized spacial score (nSPS) is 12.5. The van der Waals surface area contributed by atoms with Crippen LogP contribution in [-0.4, -0.2) is 16.4 Å². The lowest BCUT2D eigenvalue weighted by molar-refractivity contribution is -0.141. The molecule has 0 fully saturated rings. The molecule has 0 radical (unpaired) electrons. The fourth-order valence-corrected chi connectivity index (χ4v) is 2.03. The zero-order valence-corrected chi connectivity index (χ0v) is 13.9. The minimum atomic E-state index is -4.49. The van der Waals surface area contributed by atoms with Crippen molar-refractivity contribution in [1.82, 2.24) is 9.78 Å². The van der Waals surface area contributed by atoms with Gasteiger partial charge in [-0.2, -0.15) is 18.3 Å². The van der Waals surface area contributed by atoms with Gasteiger partial charge in [0.15, 0.2) is 5.69 Å². The van der Waals surface area contributed by atoms with Crippen LogP contribution >= 0.6 is 11.6 Å². The standard InChI is InChI=1S/C16H18ClF3N2O/c1-15(2,3)7-9-23-13-5-4-11(17)10-12(13)22-8-6-14(21-22)16(18,19)20/h4-6,8,10H,7,9H2,1-3H3. The maximum absolute atomic E-state index is 12.7. The van der Waals surface area contributed by atoms with Gasteiger partial charge in [-0.25, -0.2) is 4.68 Å². The van der Waals surface area contributed by atoms with Crippen molar-refractivity contribution in [3.05, 3.63) is 41.2 Å². The molecule has 126 valence electrons. The van der Waals surface area contributed by atoms with Crippen LogP contribution in [0.2, 0.25) is 5.02 Å². The SMILES string of the molecule is CC(C)(C)CCOc1ccc(Cl)cc1-n1ccc(C(F)(F)F)n1. The van der Waals surface area contributed by atoms with Gasteiger partial charge in [0.2, 0.25) is 0 Å². The number of rotatable bonds is 4. The summed E-state index contributed by atoms with van der Waals surface area (Å²) in [7, 11) is 0. The first kappa shape index (κ1) is 17.7. The summed E-state index contributed by atoms with van der Waals surface area (Å²) < 4.78 is 44.9. The Morgan fingerprint density at radius 2 is 1.87 bits per heavy atom. The van der Waals surface area contributed by atoms with Crippen LogP contribution in [0.5, 0.6) is 5.75 Å². The Kier molecular flexibility index (Phi) is 4.94. The molecule has 7 heteroatoms. The van der Waals surface area contributed by atoms with Gasteiger partial charge in [-0.1, -0.05) is 32.4 Å². The highest BCUT2D eigenvalue weighted by atomic mass is 35.5. The molecule has 0 bridgehead atoms. The van der Waals surface area contributed by atoms with E-state index in [2.05, 4.69) is 25.9 Å². The number of hydrogen-bond acceptors (Lipinski definition) is 2. The lowest BCUT2D eigenvalue weighted by Gasteiger charge is -2.19. The quantitative estimate of drug-likeness (QED) is 0.745. The third-order valence-corrected chi connectivity index (χ3v) is 3.39. The zero-order chi connectivity index (χ0) is 17.3. The molecule has 0 aliphatic carbocycles. The zero-order valence-electron chi connectivity index (χ0n) is 13.1. The summed E-state index contributed by atoms with van der Waals surface area (Å²) in [6.45, 7) is 6.71. The van der Waals surface area contributed by atoms with E-state index in [4.69, 9.17) is 16.3 Å². The van der Waals surface area contributed by atoms with Crippen molar-refractivity contribution in [2.24, 2.45) is 5.41 Å². The van der Waals surface area contributed by atoms with Crippen molar-refractivity contribution >= 4 is 11.6 Å². The highest BCUT2D eigenvalue weighted by Gasteiger charge is 2.33. The lowest BCUT2D eigenvalue weighted by Crippen LogP contribution is -2.12. The van der Waals surface area contributed by atoms with Crippen LogP contribution in [0.25, 0.3) is 5.69 Å². The van der Waals surface area contributed by atoms with Crippen molar-refractivity contribution in [3.63, 3.8) is 0 Å². The average molecular weight is 347 g/mol. The Hall–Kier alpha value is -1.69. The Bertz CT molecular complexity index is 675. The molecule has 1 aromatic carbocycles. The molecule has 3 nitrogen and oxygen atoms in total. The predicted molar refractivity (Wildman–Crippen MR) is 83.1 cm³/mol. The molecule has 0 saturated carbocycles. The fourth-order valence-electron chi connectivity index (χ4n) is 1.87. The Morgan fingerprint density at radius 1 is 1.17 bits per heavy atom. The van der Waals surface area contributed by atoms with E-state index in [0.29, 0.717) is 23.1 Å². The second-order valence-electron chi connectivity index (χ2n) is 6.41. The van der Waals surface area contributed by atoms with Crippen molar-refractivity contribution in [1.29, 1.82) is 0 Å². The minimum absolute atomic E-state index is 0.0990. The van der Waals surface area contributed by atoms with E-state index >= 15 is 0 Å². The molecular weight excluding hydrogens is 329 g/mol. The predicted octanol–water partition coefficient (Wildman–Crippen LogP) is 5.36. The summed E-state index contributed by atoms with van der Waals surface area (Å²) in [6, 6.07) is 5.71. The number of halogens is 4. The highest BCUT2D eigenvalue weighted by molar-refractivity contribution is 6.30. The first-order valence-electron chi connectivity index (χ1n) is 7.12. The number of ether oxygens (including phenoxy) is 1. The van der Waals surface area contributed by atoms with Gasteiger partial charge in [-0.05, 0) is 36.1 Å². The highest BCUT2D eigenvalue weighted by Crippen LogP contribution is 2.31. The molecule has 0 N–H and O–H groups in total. The van der Waals surface area contributed by atoms with Crippen molar-refractivity contribution in [2.75, 3.05) is 6.61 Å². The molecule has 0 atom stereocenters. The van der Waals surface area contributed by atoms with Crippen LogP contribution in [0.4, 0.5) is 13.2 Å². The van der Waals surface area contributed by atoms with Crippen LogP contribution in [0, 0.1) is 5.41 Å². The second kappa shape index (κ2) is 6.43. The van der Waals surface area contributed by atoms with Gasteiger partial charge < -0.3 is 4.74 Å². The van der Waals surface area contributed by atoms with E-state index < -0.39 is 11.9 Å². The van der Waals surface area contributed by atoms with Crippen molar-refractivity contribution in [3.8, 4) is 11.4 Å². The molecule has 0 spiro atoms. The molecule has 0 saturated heterocycles. The van der Waals surface area contributed by atoms with Gasteiger partial charge >= 0.3 is 6.18 Å². The van der Waals surface area contributed by atoms with E-state index in [0.717, 1.165) is 17.2 Å². The maximum atomic E-state index is 12.7. The summed E-state index contributed by atoms with van der Waals surface area (Å²) in [5.74, 6) is 0.440. The van der Waals surface area contributed by atoms with Crippen LogP contribution in [0.3, 0.4) is 0 Å². The maximum Gasteiger partial charge on any atom is 0.435 e. The molecule has 0 aliphatic heterocycles. The van der Waals surface area contributed by atoms with Crippen LogP contribution in [0.15, 0.2) is 30.5 Å². The molecule has 1 heterocycles. The molecule has 1 aromatic heterocycles. The van der Waals surface area contributed by atoms with Crippen molar-refractivity contribution < 1.29 is 17.9 Å². The number of aromatic nitrogens is 2. The topological polar surface area (TPSA) is 27.1 Å². The molecule has 0 aliphatic rings. The largest absolute Gasteiger partial charge is 0.491 e. The van der Waals surface area contributed by atoms with Gasteiger partial charge in [-0.3, -0.25) is 0 Å². The van der Waals surface area contributed by atoms with Crippen molar-refractivity contribution in [2.45, 2.75) is 33.4 Å². The number of benzene rings is 1. The monoisotopic (exact) mass is 346 g/mol. The Balaban J connectivity index is 2.27. The van der Waals surface area contributed by atoms with Gasteiger partial charge in [-0.15, -0.1) is 0 Å². The summed E-state index contributed by atoms with van der Waals surface area (Å²) in [4.78, 5) is 0. The smallest absolute Gasteiger partial charge is 0.435 e. The molecule has 0 unspecified atom stereocenters. The molecular formula is C16H18ClF3N2O. The summed E-state index contributed by atoms with van der Waals surface area (Å²) in [5.41, 5.74) is -0.484. The number of alkyl halides is 3. The van der Waals surface area contributed by atoms with Crippen LogP contribution < -0.4 is 4.74 Å². The van der Waals surface area contributed by atoms with Crippen LogP contribution in [0.1, 0.15) is 32.9 Å². The Morgan fingerprint density at radius 3 is 2.43 bits per heavy atom. The van der Waals surface area contributed by atoms with Gasteiger partial charge in [0.25, 0.3) is 0 Å². The third kappa shape index (κ3) is 4.89. The molecule has 23 heavy (non-hydrogen) atoms. The fraction of sp³-hybridized carbons (Fsp3) is 0.438. The number of nitrogens with zero attached hydrogens (tertiary/aromatic N) is 2. The summed E-state index contributed by atoms with van der Waals surface area (Å²) in [6.07, 6.45) is -2.44. The van der Waals surface area contributed by atoms with E-state index in [-0.39, 0.29) is 5.41 Å². The summed E-state index contributed by atoms with van der Waals surface area (Å²) in [5, 5.41) is 3.96. The van der Waals surface area contributed by atoms with E-state index in [9.17, 15) is 13.2 Å². The van der Waals surface area contributed by atoms with E-state index in [1.165, 1.54) is 12.3 Å². The third-order valence-electron chi connectivity index (χ3n) is 3.16. The molecule has 2 rings (SSSR count). The van der Waals surface area contributed by atoms with E-state index in [1.54, 1.807) is 12.1 Å². The van der Waals surface area contributed by atoms with Gasteiger partial charge in [0.05, 0.1) is 6.61 Å². The first-order chi connectivity index (χ1) is 10.6. The minimum Gasteiger partial charge on any atom is -0.491 e. The lowest BCUT2D eigenvalue weighted by atomic mass is 9.93. The Labute approximate surface area is 138 Å². The van der Waals surface area contributed by atoms with E-state index in [1.807, 2.05) is 0 Å². The molecule has 0 amide bonds. The van der Waals surface area contributed by atoms with Crippen LogP contribution in [-0.2, 0) is 6.18 Å². The first-order valence-corrected chi connectivity index (χ1v) is 7.50. The number of hydrogen-bond donors (Lipinski definition) is 0. The van der Waals surface area contributed by atoms with Gasteiger partial charge in [0, 0.05) is 11.2 Å². The second-order valence-corrected chi connectivity index (χ2v) is 6.85. The average Bonchev–Trinajstić information content (AvgIpc) is 2.88. The van der Waals surface area contributed by atoms with Gasteiger partial charge in [0.1, 0.15) is 11.4 Å². The summed E-state index contributed by atoms with van der Waals surface area (Å²) >= 11 is 5.95. The molecule has 2 aromatic rings.